The largest absolute Gasteiger partial charge is 0.496 e. The minimum absolute atomic E-state index is 0.208. The number of rotatable bonds is 5. The molecule has 32 heavy (non-hydrogen) atoms. The first-order valence-corrected chi connectivity index (χ1v) is 10.0. The van der Waals surface area contributed by atoms with Crippen molar-refractivity contribution in [3.63, 3.8) is 0 Å². The minimum Gasteiger partial charge on any atom is -0.496 e. The smallest absolute Gasteiger partial charge is 0.277 e. The summed E-state index contributed by atoms with van der Waals surface area (Å²) in [6, 6.07) is 16.7. The van der Waals surface area contributed by atoms with Gasteiger partial charge in [0.15, 0.2) is 0 Å². The highest BCUT2D eigenvalue weighted by atomic mass is 19.1. The first-order valence-electron chi connectivity index (χ1n) is 10.0. The Kier molecular flexibility index (Phi) is 5.73. The second kappa shape index (κ2) is 8.63. The van der Waals surface area contributed by atoms with Crippen molar-refractivity contribution in [1.82, 2.24) is 14.5 Å². The summed E-state index contributed by atoms with van der Waals surface area (Å²) in [6.07, 6.45) is 1.54. The molecule has 0 unspecified atom stereocenters. The van der Waals surface area contributed by atoms with E-state index in [1.165, 1.54) is 27.8 Å². The lowest BCUT2D eigenvalue weighted by Crippen LogP contribution is -2.33. The van der Waals surface area contributed by atoms with Crippen molar-refractivity contribution >= 4 is 16.8 Å². The molecule has 4 rings (SSSR count). The number of hydrogen-bond donors (Lipinski definition) is 0. The Morgan fingerprint density at radius 2 is 1.81 bits per heavy atom. The van der Waals surface area contributed by atoms with Gasteiger partial charge >= 0.3 is 0 Å². The molecular formula is C25H22FN3O3. The standard InChI is InChI=1S/C25H22FN3O3/c1-28(15-17-7-4-5-9-20(17)32-3)25(31)23-21(16-10-12-18(26)13-11-16)19-8-6-14-27-22(19)24(30)29(23)2/h4-14H,15H2,1-3H3. The maximum Gasteiger partial charge on any atom is 0.277 e. The lowest BCUT2D eigenvalue weighted by Gasteiger charge is -2.23. The van der Waals surface area contributed by atoms with Crippen molar-refractivity contribution in [1.29, 1.82) is 0 Å². The van der Waals surface area contributed by atoms with Gasteiger partial charge in [-0.2, -0.15) is 0 Å². The van der Waals surface area contributed by atoms with Crippen LogP contribution in [0.2, 0.25) is 0 Å². The normalized spacial score (nSPS) is 10.9. The first kappa shape index (κ1) is 21.2. The third-order valence-electron chi connectivity index (χ3n) is 5.44. The molecule has 1 amide bonds. The number of benzene rings is 2. The molecule has 2 aromatic carbocycles. The third kappa shape index (κ3) is 3.73. The molecule has 0 aliphatic carbocycles. The Labute approximate surface area is 184 Å². The predicted molar refractivity (Wildman–Crippen MR) is 121 cm³/mol. The number of para-hydroxylation sites is 1. The van der Waals surface area contributed by atoms with Gasteiger partial charge in [0.1, 0.15) is 22.8 Å². The molecule has 0 bridgehead atoms. The van der Waals surface area contributed by atoms with Crippen LogP contribution in [0.15, 0.2) is 71.7 Å². The van der Waals surface area contributed by atoms with E-state index >= 15 is 0 Å². The number of carbonyl (C=O) groups is 1. The molecule has 0 aliphatic heterocycles. The molecule has 7 heteroatoms. The number of ether oxygens (including phenoxy) is 1. The average molecular weight is 431 g/mol. The van der Waals surface area contributed by atoms with Crippen molar-refractivity contribution < 1.29 is 13.9 Å². The Balaban J connectivity index is 1.90. The summed E-state index contributed by atoms with van der Waals surface area (Å²) in [6.45, 7) is 0.283. The van der Waals surface area contributed by atoms with Gasteiger partial charge in [-0.05, 0) is 29.8 Å². The fraction of sp³-hybridized carbons (Fsp3) is 0.160. The van der Waals surface area contributed by atoms with Gasteiger partial charge < -0.3 is 14.2 Å². The van der Waals surface area contributed by atoms with Gasteiger partial charge in [-0.3, -0.25) is 14.6 Å². The summed E-state index contributed by atoms with van der Waals surface area (Å²) in [5.41, 5.74) is 2.07. The molecule has 0 fully saturated rings. The number of halogens is 1. The van der Waals surface area contributed by atoms with Gasteiger partial charge in [-0.25, -0.2) is 4.39 Å². The number of carbonyl (C=O) groups excluding carboxylic acids is 1. The number of hydrogen-bond acceptors (Lipinski definition) is 4. The van der Waals surface area contributed by atoms with Crippen LogP contribution in [0.3, 0.4) is 0 Å². The SMILES string of the molecule is COc1ccccc1CN(C)C(=O)c1c(-c2ccc(F)cc2)c2cccnc2c(=O)n1C. The van der Waals surface area contributed by atoms with Crippen LogP contribution in [0, 0.1) is 5.82 Å². The second-order valence-electron chi connectivity index (χ2n) is 7.47. The van der Waals surface area contributed by atoms with E-state index in [0.29, 0.717) is 22.3 Å². The maximum atomic E-state index is 13.7. The number of methoxy groups -OCH3 is 1. The predicted octanol–water partition coefficient (Wildman–Crippen LogP) is 4.02. The molecule has 4 aromatic rings. The third-order valence-corrected chi connectivity index (χ3v) is 5.44. The Bertz CT molecular complexity index is 1360. The van der Waals surface area contributed by atoms with Gasteiger partial charge in [0.25, 0.3) is 11.5 Å². The zero-order valence-electron chi connectivity index (χ0n) is 18.0. The number of pyridine rings is 2. The molecular weight excluding hydrogens is 409 g/mol. The summed E-state index contributed by atoms with van der Waals surface area (Å²) in [5, 5.41) is 0.538. The second-order valence-corrected chi connectivity index (χ2v) is 7.47. The van der Waals surface area contributed by atoms with Gasteiger partial charge in [0.05, 0.1) is 7.11 Å². The highest BCUT2D eigenvalue weighted by Crippen LogP contribution is 2.31. The summed E-state index contributed by atoms with van der Waals surface area (Å²) in [5.74, 6) is -0.0646. The zero-order chi connectivity index (χ0) is 22.8. The van der Waals surface area contributed by atoms with Crippen LogP contribution in [-0.2, 0) is 13.6 Å². The monoisotopic (exact) mass is 431 g/mol. The van der Waals surface area contributed by atoms with E-state index in [1.54, 1.807) is 45.5 Å². The molecule has 0 atom stereocenters. The van der Waals surface area contributed by atoms with Gasteiger partial charge in [0.2, 0.25) is 0 Å². The average Bonchev–Trinajstić information content (AvgIpc) is 2.82. The topological polar surface area (TPSA) is 64.4 Å². The Hall–Kier alpha value is -4.00. The van der Waals surface area contributed by atoms with Crippen LogP contribution >= 0.6 is 0 Å². The van der Waals surface area contributed by atoms with E-state index in [2.05, 4.69) is 4.98 Å². The first-order chi connectivity index (χ1) is 15.4. The van der Waals surface area contributed by atoms with Crippen LogP contribution in [0.1, 0.15) is 16.1 Å². The van der Waals surface area contributed by atoms with Gasteiger partial charge in [-0.15, -0.1) is 0 Å². The lowest BCUT2D eigenvalue weighted by molar-refractivity contribution is 0.0774. The number of amides is 1. The minimum atomic E-state index is -0.387. The molecule has 2 heterocycles. The van der Waals surface area contributed by atoms with Crippen molar-refractivity contribution in [3.05, 3.63) is 94.3 Å². The summed E-state index contributed by atoms with van der Waals surface area (Å²) < 4.78 is 20.3. The molecule has 6 nitrogen and oxygen atoms in total. The number of nitrogens with zero attached hydrogens (tertiary/aromatic N) is 3. The van der Waals surface area contributed by atoms with Crippen LogP contribution in [0.5, 0.6) is 5.75 Å². The van der Waals surface area contributed by atoms with Gasteiger partial charge in [-0.1, -0.05) is 36.4 Å². The molecule has 0 N–H and O–H groups in total. The number of aromatic nitrogens is 2. The van der Waals surface area contributed by atoms with Crippen molar-refractivity contribution in [2.24, 2.45) is 7.05 Å². The van der Waals surface area contributed by atoms with E-state index in [9.17, 15) is 14.0 Å². The molecule has 2 aromatic heterocycles. The fourth-order valence-electron chi connectivity index (χ4n) is 3.83. The molecule has 0 spiro atoms. The fourth-order valence-corrected chi connectivity index (χ4v) is 3.83. The van der Waals surface area contributed by atoms with Gasteiger partial charge in [0, 0.05) is 43.4 Å². The van der Waals surface area contributed by atoms with Crippen LogP contribution in [0.4, 0.5) is 4.39 Å². The molecule has 0 saturated heterocycles. The lowest BCUT2D eigenvalue weighted by atomic mass is 9.98. The van der Waals surface area contributed by atoms with E-state index in [0.717, 1.165) is 5.56 Å². The van der Waals surface area contributed by atoms with Crippen molar-refractivity contribution in [3.8, 4) is 16.9 Å². The molecule has 162 valence electrons. The maximum absolute atomic E-state index is 13.7. The molecule has 0 radical (unpaired) electrons. The quantitative estimate of drug-likeness (QED) is 0.479. The highest BCUT2D eigenvalue weighted by Gasteiger charge is 2.25. The Morgan fingerprint density at radius 1 is 1.09 bits per heavy atom. The van der Waals surface area contributed by atoms with Crippen LogP contribution in [-0.4, -0.2) is 34.5 Å². The van der Waals surface area contributed by atoms with Crippen LogP contribution < -0.4 is 10.3 Å². The molecule has 0 saturated carbocycles. The van der Waals surface area contributed by atoms with Crippen LogP contribution in [0.25, 0.3) is 22.0 Å². The van der Waals surface area contributed by atoms with Crippen molar-refractivity contribution in [2.75, 3.05) is 14.2 Å². The van der Waals surface area contributed by atoms with E-state index in [1.807, 2.05) is 24.3 Å². The van der Waals surface area contributed by atoms with Crippen molar-refractivity contribution in [2.45, 2.75) is 6.54 Å². The highest BCUT2D eigenvalue weighted by molar-refractivity contribution is 6.07. The zero-order valence-corrected chi connectivity index (χ0v) is 18.0. The summed E-state index contributed by atoms with van der Waals surface area (Å²) in [7, 11) is 4.79. The number of fused-ring (bicyclic) bond motifs is 1. The summed E-state index contributed by atoms with van der Waals surface area (Å²) >= 11 is 0. The van der Waals surface area contributed by atoms with E-state index in [4.69, 9.17) is 4.74 Å². The van der Waals surface area contributed by atoms with E-state index in [-0.39, 0.29) is 35.0 Å². The molecule has 0 aliphatic rings. The summed E-state index contributed by atoms with van der Waals surface area (Å²) in [4.78, 5) is 32.4. The van der Waals surface area contributed by atoms with E-state index < -0.39 is 0 Å². The Morgan fingerprint density at radius 3 is 2.53 bits per heavy atom.